The molecule has 3 saturated carbocycles. The average Bonchev–Trinajstić information content (AvgIpc) is 3.05. The van der Waals surface area contributed by atoms with Crippen molar-refractivity contribution in [1.29, 1.82) is 0 Å². The molecular formula is C31H58O3. The van der Waals surface area contributed by atoms with Crippen LogP contribution in [0.2, 0.25) is 0 Å². The molecule has 3 aliphatic carbocycles. The Labute approximate surface area is 211 Å². The summed E-state index contributed by atoms with van der Waals surface area (Å²) >= 11 is 0. The number of aliphatic hydroxyl groups excluding tert-OH is 1. The zero-order valence-corrected chi connectivity index (χ0v) is 24.1. The number of fused-ring (bicyclic) bond motifs is 1. The van der Waals surface area contributed by atoms with Crippen LogP contribution >= 0.6 is 0 Å². The second kappa shape index (κ2) is 10.3. The van der Waals surface area contributed by atoms with Gasteiger partial charge in [-0.2, -0.15) is 0 Å². The Bertz CT molecular complexity index is 664. The van der Waals surface area contributed by atoms with E-state index in [1.807, 2.05) is 0 Å². The molecule has 0 heterocycles. The lowest BCUT2D eigenvalue weighted by Crippen LogP contribution is -2.59. The Kier molecular flexibility index (Phi) is 8.64. The normalized spacial score (nSPS) is 44.3. The first-order valence-corrected chi connectivity index (χ1v) is 14.7. The molecule has 3 aliphatic rings. The van der Waals surface area contributed by atoms with Gasteiger partial charge in [-0.3, -0.25) is 0 Å². The largest absolute Gasteiger partial charge is 0.396 e. The smallest absolute Gasteiger partial charge is 0.0700 e. The minimum atomic E-state index is -0.769. The Hall–Kier alpha value is -0.120. The van der Waals surface area contributed by atoms with Gasteiger partial charge in [-0.1, -0.05) is 53.9 Å². The fourth-order valence-electron chi connectivity index (χ4n) is 9.05. The van der Waals surface area contributed by atoms with Gasteiger partial charge in [-0.05, 0) is 113 Å². The zero-order valence-electron chi connectivity index (χ0n) is 24.1. The summed E-state index contributed by atoms with van der Waals surface area (Å²) < 4.78 is 6.31. The molecule has 0 bridgehead atoms. The van der Waals surface area contributed by atoms with Gasteiger partial charge in [0.05, 0.1) is 17.3 Å². The van der Waals surface area contributed by atoms with Crippen molar-refractivity contribution in [3.05, 3.63) is 0 Å². The van der Waals surface area contributed by atoms with E-state index in [1.165, 1.54) is 38.5 Å². The lowest BCUT2D eigenvalue weighted by atomic mass is 9.47. The van der Waals surface area contributed by atoms with Gasteiger partial charge in [-0.25, -0.2) is 0 Å². The second-order valence-corrected chi connectivity index (χ2v) is 14.9. The van der Waals surface area contributed by atoms with Crippen LogP contribution in [0.1, 0.15) is 127 Å². The molecule has 0 radical (unpaired) electrons. The molecule has 6 unspecified atom stereocenters. The van der Waals surface area contributed by atoms with Crippen molar-refractivity contribution in [2.45, 2.75) is 144 Å². The van der Waals surface area contributed by atoms with Crippen molar-refractivity contribution in [2.24, 2.45) is 46.3 Å². The van der Waals surface area contributed by atoms with Gasteiger partial charge in [0.1, 0.15) is 0 Å². The van der Waals surface area contributed by atoms with Crippen LogP contribution in [-0.4, -0.2) is 34.1 Å². The molecule has 0 aromatic heterocycles. The molecule has 200 valence electrons. The molecule has 3 rings (SSSR count). The van der Waals surface area contributed by atoms with Crippen LogP contribution < -0.4 is 0 Å². The molecule has 3 nitrogen and oxygen atoms in total. The third-order valence-electron chi connectivity index (χ3n) is 11.0. The highest BCUT2D eigenvalue weighted by Gasteiger charge is 2.61. The standard InChI is InChI=1S/C31H58O3/c1-21(2)11-10-12-22(3)25-13-14-26-24(20-32)27(16-17-29(25,26)7)30(8)18-15-23(19-31(30,9)33)34-28(4,5)6/h21-27,32-33H,10-20H2,1-9H3/t22?,23?,24?,25?,26?,27?,29-,30-,31+/m0/s1. The molecule has 0 aliphatic heterocycles. The molecule has 0 aromatic rings. The number of rotatable bonds is 8. The van der Waals surface area contributed by atoms with Gasteiger partial charge < -0.3 is 14.9 Å². The zero-order chi connectivity index (χ0) is 25.5. The first-order chi connectivity index (χ1) is 15.6. The monoisotopic (exact) mass is 478 g/mol. The van der Waals surface area contributed by atoms with Crippen LogP contribution in [-0.2, 0) is 4.74 Å². The lowest BCUT2D eigenvalue weighted by molar-refractivity contribution is -0.203. The summed E-state index contributed by atoms with van der Waals surface area (Å²) in [5.74, 6) is 3.63. The van der Waals surface area contributed by atoms with Crippen LogP contribution in [0.3, 0.4) is 0 Å². The van der Waals surface area contributed by atoms with E-state index in [2.05, 4.69) is 62.3 Å². The summed E-state index contributed by atoms with van der Waals surface area (Å²) in [7, 11) is 0. The molecule has 0 spiro atoms. The second-order valence-electron chi connectivity index (χ2n) is 14.9. The van der Waals surface area contributed by atoms with Crippen molar-refractivity contribution in [3.8, 4) is 0 Å². The molecular weight excluding hydrogens is 420 g/mol. The Morgan fingerprint density at radius 1 is 0.912 bits per heavy atom. The van der Waals surface area contributed by atoms with Crippen molar-refractivity contribution < 1.29 is 14.9 Å². The topological polar surface area (TPSA) is 49.7 Å². The fourth-order valence-corrected chi connectivity index (χ4v) is 9.05. The van der Waals surface area contributed by atoms with Gasteiger partial charge >= 0.3 is 0 Å². The summed E-state index contributed by atoms with van der Waals surface area (Å²) in [6.07, 6.45) is 11.8. The first kappa shape index (κ1) is 28.5. The minimum absolute atomic E-state index is 0.118. The quantitative estimate of drug-likeness (QED) is 0.377. The lowest BCUT2D eigenvalue weighted by Gasteiger charge is -2.60. The predicted octanol–water partition coefficient (Wildman–Crippen LogP) is 7.62. The van der Waals surface area contributed by atoms with Gasteiger partial charge in [-0.15, -0.1) is 0 Å². The van der Waals surface area contributed by atoms with Gasteiger partial charge in [0.15, 0.2) is 0 Å². The Morgan fingerprint density at radius 2 is 1.59 bits per heavy atom. The van der Waals surface area contributed by atoms with Crippen LogP contribution in [0.4, 0.5) is 0 Å². The van der Waals surface area contributed by atoms with Gasteiger partial charge in [0, 0.05) is 13.0 Å². The molecule has 2 N–H and O–H groups in total. The molecule has 3 fully saturated rings. The van der Waals surface area contributed by atoms with E-state index in [0.29, 0.717) is 29.6 Å². The van der Waals surface area contributed by atoms with E-state index in [9.17, 15) is 10.2 Å². The third kappa shape index (κ3) is 5.57. The number of ether oxygens (including phenoxy) is 1. The van der Waals surface area contributed by atoms with E-state index in [4.69, 9.17) is 4.74 Å². The van der Waals surface area contributed by atoms with Crippen molar-refractivity contribution in [1.82, 2.24) is 0 Å². The van der Waals surface area contributed by atoms with Crippen molar-refractivity contribution >= 4 is 0 Å². The van der Waals surface area contributed by atoms with Crippen LogP contribution in [0.25, 0.3) is 0 Å². The third-order valence-corrected chi connectivity index (χ3v) is 11.0. The summed E-state index contributed by atoms with van der Waals surface area (Å²) in [5, 5.41) is 22.6. The van der Waals surface area contributed by atoms with Crippen molar-refractivity contribution in [3.63, 3.8) is 0 Å². The van der Waals surface area contributed by atoms with E-state index >= 15 is 0 Å². The number of aliphatic hydroxyl groups is 2. The Morgan fingerprint density at radius 3 is 2.15 bits per heavy atom. The number of hydrogen-bond acceptors (Lipinski definition) is 3. The van der Waals surface area contributed by atoms with Gasteiger partial charge in [0.2, 0.25) is 0 Å². The first-order valence-electron chi connectivity index (χ1n) is 14.7. The summed E-state index contributed by atoms with van der Waals surface area (Å²) in [6, 6.07) is 0. The van der Waals surface area contributed by atoms with E-state index in [1.54, 1.807) is 0 Å². The summed E-state index contributed by atoms with van der Waals surface area (Å²) in [5.41, 5.74) is -0.773. The van der Waals surface area contributed by atoms with E-state index in [0.717, 1.165) is 37.0 Å². The highest BCUT2D eigenvalue weighted by molar-refractivity contribution is 5.10. The Balaban J connectivity index is 1.75. The SMILES string of the molecule is CC(C)CCCC(C)C1CCC2C(CO)C([C@]3(C)CCC(OC(C)(C)C)C[C@@]3(C)O)CC[C@@]12C. The van der Waals surface area contributed by atoms with Crippen molar-refractivity contribution in [2.75, 3.05) is 6.61 Å². The maximum absolute atomic E-state index is 11.9. The molecule has 3 heteroatoms. The molecule has 0 aromatic carbocycles. The predicted molar refractivity (Wildman–Crippen MR) is 143 cm³/mol. The number of hydrogen-bond donors (Lipinski definition) is 2. The van der Waals surface area contributed by atoms with E-state index < -0.39 is 5.60 Å². The average molecular weight is 479 g/mol. The maximum Gasteiger partial charge on any atom is 0.0700 e. The fraction of sp³-hybridized carbons (Fsp3) is 1.00. The highest BCUT2D eigenvalue weighted by Crippen LogP contribution is 2.65. The molecule has 9 atom stereocenters. The summed E-state index contributed by atoms with van der Waals surface area (Å²) in [4.78, 5) is 0. The summed E-state index contributed by atoms with van der Waals surface area (Å²) in [6.45, 7) is 20.7. The molecule has 34 heavy (non-hydrogen) atoms. The van der Waals surface area contributed by atoms with Crippen LogP contribution in [0, 0.1) is 46.3 Å². The van der Waals surface area contributed by atoms with Crippen LogP contribution in [0.5, 0.6) is 0 Å². The maximum atomic E-state index is 11.9. The highest BCUT2D eigenvalue weighted by atomic mass is 16.5. The van der Waals surface area contributed by atoms with E-state index in [-0.39, 0.29) is 23.7 Å². The minimum Gasteiger partial charge on any atom is -0.396 e. The van der Waals surface area contributed by atoms with Gasteiger partial charge in [0.25, 0.3) is 0 Å². The molecule has 0 amide bonds. The molecule has 0 saturated heterocycles. The van der Waals surface area contributed by atoms with Crippen LogP contribution in [0.15, 0.2) is 0 Å².